The average Bonchev–Trinajstić information content (AvgIpc) is 2.40. The second kappa shape index (κ2) is 8.02. The van der Waals surface area contributed by atoms with Crippen LogP contribution in [0.2, 0.25) is 0 Å². The molecule has 0 bridgehead atoms. The molecule has 0 radical (unpaired) electrons. The van der Waals surface area contributed by atoms with Crippen molar-refractivity contribution >= 4 is 0 Å². The summed E-state index contributed by atoms with van der Waals surface area (Å²) in [6.07, 6.45) is 2.19. The number of nitrogens with zero attached hydrogens (tertiary/aromatic N) is 1. The van der Waals surface area contributed by atoms with Crippen molar-refractivity contribution < 1.29 is 9.84 Å². The predicted molar refractivity (Wildman–Crippen MR) is 78.6 cm³/mol. The summed E-state index contributed by atoms with van der Waals surface area (Å²) >= 11 is 0. The first kappa shape index (κ1) is 15.8. The van der Waals surface area contributed by atoms with Gasteiger partial charge in [0.2, 0.25) is 0 Å². The van der Waals surface area contributed by atoms with E-state index < -0.39 is 0 Å². The summed E-state index contributed by atoms with van der Waals surface area (Å²) in [6.45, 7) is 6.92. The summed E-state index contributed by atoms with van der Waals surface area (Å²) in [7, 11) is 1.55. The third kappa shape index (κ3) is 4.11. The SMILES string of the molecule is CCCN(CCC)C(CN)c1ccc(OC)c(O)c1. The van der Waals surface area contributed by atoms with Gasteiger partial charge in [0.15, 0.2) is 11.5 Å². The molecule has 0 amide bonds. The van der Waals surface area contributed by atoms with Gasteiger partial charge < -0.3 is 15.6 Å². The Morgan fingerprint density at radius 1 is 1.26 bits per heavy atom. The molecule has 4 nitrogen and oxygen atoms in total. The van der Waals surface area contributed by atoms with Crippen LogP contribution in [0.15, 0.2) is 18.2 Å². The van der Waals surface area contributed by atoms with Gasteiger partial charge in [-0.15, -0.1) is 0 Å². The molecule has 1 atom stereocenters. The van der Waals surface area contributed by atoms with Crippen LogP contribution in [0.3, 0.4) is 0 Å². The Morgan fingerprint density at radius 3 is 2.32 bits per heavy atom. The minimum absolute atomic E-state index is 0.150. The van der Waals surface area contributed by atoms with Crippen LogP contribution in [-0.2, 0) is 0 Å². The van der Waals surface area contributed by atoms with E-state index in [9.17, 15) is 5.11 Å². The Hall–Kier alpha value is -1.26. The van der Waals surface area contributed by atoms with Crippen LogP contribution < -0.4 is 10.5 Å². The molecule has 0 aliphatic heterocycles. The summed E-state index contributed by atoms with van der Waals surface area (Å²) in [5.74, 6) is 0.670. The van der Waals surface area contributed by atoms with Gasteiger partial charge in [-0.05, 0) is 43.6 Å². The molecule has 1 rings (SSSR count). The highest BCUT2D eigenvalue weighted by Crippen LogP contribution is 2.30. The first-order valence-corrected chi connectivity index (χ1v) is 6.98. The number of phenols is 1. The highest BCUT2D eigenvalue weighted by molar-refractivity contribution is 5.42. The van der Waals surface area contributed by atoms with Gasteiger partial charge >= 0.3 is 0 Å². The molecule has 3 N–H and O–H groups in total. The van der Waals surface area contributed by atoms with Crippen LogP contribution >= 0.6 is 0 Å². The molecule has 0 saturated carbocycles. The average molecular weight is 266 g/mol. The van der Waals surface area contributed by atoms with Crippen molar-refractivity contribution in [3.05, 3.63) is 23.8 Å². The van der Waals surface area contributed by atoms with Crippen molar-refractivity contribution in [2.24, 2.45) is 5.73 Å². The van der Waals surface area contributed by atoms with Gasteiger partial charge in [-0.1, -0.05) is 19.9 Å². The molecule has 4 heteroatoms. The van der Waals surface area contributed by atoms with Crippen molar-refractivity contribution in [2.75, 3.05) is 26.7 Å². The number of hydrogen-bond donors (Lipinski definition) is 2. The maximum absolute atomic E-state index is 9.89. The summed E-state index contributed by atoms with van der Waals surface area (Å²) < 4.78 is 5.07. The number of rotatable bonds is 8. The van der Waals surface area contributed by atoms with Crippen LogP contribution in [0, 0.1) is 0 Å². The van der Waals surface area contributed by atoms with Gasteiger partial charge in [-0.3, -0.25) is 4.90 Å². The minimum Gasteiger partial charge on any atom is -0.504 e. The van der Waals surface area contributed by atoms with E-state index in [2.05, 4.69) is 18.7 Å². The second-order valence-electron chi connectivity index (χ2n) is 4.72. The fraction of sp³-hybridized carbons (Fsp3) is 0.600. The zero-order valence-electron chi connectivity index (χ0n) is 12.2. The lowest BCUT2D eigenvalue weighted by atomic mass is 10.0. The van der Waals surface area contributed by atoms with Gasteiger partial charge in [0.05, 0.1) is 7.11 Å². The lowest BCUT2D eigenvalue weighted by Crippen LogP contribution is -2.35. The topological polar surface area (TPSA) is 58.7 Å². The van der Waals surface area contributed by atoms with Gasteiger partial charge in [0.25, 0.3) is 0 Å². The summed E-state index contributed by atoms with van der Waals surface area (Å²) in [5.41, 5.74) is 6.98. The van der Waals surface area contributed by atoms with Gasteiger partial charge in [-0.25, -0.2) is 0 Å². The third-order valence-electron chi connectivity index (χ3n) is 3.27. The van der Waals surface area contributed by atoms with E-state index in [1.165, 1.54) is 0 Å². The Morgan fingerprint density at radius 2 is 1.89 bits per heavy atom. The maximum Gasteiger partial charge on any atom is 0.160 e. The van der Waals surface area contributed by atoms with Crippen LogP contribution in [0.1, 0.15) is 38.3 Å². The normalized spacial score (nSPS) is 12.7. The predicted octanol–water partition coefficient (Wildman–Crippen LogP) is 2.52. The Balaban J connectivity index is 2.96. The highest BCUT2D eigenvalue weighted by atomic mass is 16.5. The van der Waals surface area contributed by atoms with E-state index in [1.54, 1.807) is 19.2 Å². The largest absolute Gasteiger partial charge is 0.504 e. The van der Waals surface area contributed by atoms with Crippen molar-refractivity contribution in [3.8, 4) is 11.5 Å². The first-order valence-electron chi connectivity index (χ1n) is 6.98. The highest BCUT2D eigenvalue weighted by Gasteiger charge is 2.18. The van der Waals surface area contributed by atoms with Crippen molar-refractivity contribution in [1.82, 2.24) is 4.90 Å². The van der Waals surface area contributed by atoms with E-state index in [1.807, 2.05) is 6.07 Å². The Kier molecular flexibility index (Phi) is 6.67. The molecule has 0 spiro atoms. The first-order chi connectivity index (χ1) is 9.17. The standard InChI is InChI=1S/C15H26N2O2/c1-4-8-17(9-5-2)13(11-16)12-6-7-15(19-3)14(18)10-12/h6-7,10,13,18H,4-5,8-9,11,16H2,1-3H3. The lowest BCUT2D eigenvalue weighted by Gasteiger charge is -2.31. The summed E-state index contributed by atoms with van der Waals surface area (Å²) in [4.78, 5) is 2.38. The molecule has 1 aromatic rings. The smallest absolute Gasteiger partial charge is 0.160 e. The van der Waals surface area contributed by atoms with Crippen LogP contribution in [-0.4, -0.2) is 36.8 Å². The number of methoxy groups -OCH3 is 1. The fourth-order valence-corrected chi connectivity index (χ4v) is 2.41. The van der Waals surface area contributed by atoms with E-state index in [0.717, 1.165) is 31.5 Å². The van der Waals surface area contributed by atoms with Crippen molar-refractivity contribution in [3.63, 3.8) is 0 Å². The second-order valence-corrected chi connectivity index (χ2v) is 4.72. The monoisotopic (exact) mass is 266 g/mol. The van der Waals surface area contributed by atoms with Crippen LogP contribution in [0.25, 0.3) is 0 Å². The zero-order valence-corrected chi connectivity index (χ0v) is 12.2. The Bertz CT molecular complexity index is 376. The van der Waals surface area contributed by atoms with Gasteiger partial charge in [-0.2, -0.15) is 0 Å². The molecule has 0 saturated heterocycles. The molecule has 0 aliphatic rings. The quantitative estimate of drug-likeness (QED) is 0.759. The molecular weight excluding hydrogens is 240 g/mol. The number of hydrogen-bond acceptors (Lipinski definition) is 4. The number of benzene rings is 1. The molecule has 0 fully saturated rings. The molecule has 0 heterocycles. The van der Waals surface area contributed by atoms with E-state index in [0.29, 0.717) is 12.3 Å². The summed E-state index contributed by atoms with van der Waals surface area (Å²) in [5, 5.41) is 9.89. The van der Waals surface area contributed by atoms with E-state index in [-0.39, 0.29) is 11.8 Å². The maximum atomic E-state index is 9.89. The van der Waals surface area contributed by atoms with E-state index in [4.69, 9.17) is 10.5 Å². The number of ether oxygens (including phenoxy) is 1. The molecule has 0 aromatic heterocycles. The molecule has 1 aromatic carbocycles. The third-order valence-corrected chi connectivity index (χ3v) is 3.27. The number of nitrogens with two attached hydrogens (primary N) is 1. The number of aromatic hydroxyl groups is 1. The van der Waals surface area contributed by atoms with Crippen LogP contribution in [0.4, 0.5) is 0 Å². The Labute approximate surface area is 116 Å². The van der Waals surface area contributed by atoms with Crippen molar-refractivity contribution in [2.45, 2.75) is 32.7 Å². The zero-order chi connectivity index (χ0) is 14.3. The summed E-state index contributed by atoms with van der Waals surface area (Å²) in [6, 6.07) is 5.68. The minimum atomic E-state index is 0.150. The lowest BCUT2D eigenvalue weighted by molar-refractivity contribution is 0.201. The number of phenolic OH excluding ortho intramolecular Hbond substituents is 1. The van der Waals surface area contributed by atoms with Crippen molar-refractivity contribution in [1.29, 1.82) is 0 Å². The molecule has 19 heavy (non-hydrogen) atoms. The fourth-order valence-electron chi connectivity index (χ4n) is 2.41. The molecule has 108 valence electrons. The van der Waals surface area contributed by atoms with Gasteiger partial charge in [0, 0.05) is 12.6 Å². The molecule has 1 unspecified atom stereocenters. The van der Waals surface area contributed by atoms with Gasteiger partial charge in [0.1, 0.15) is 0 Å². The van der Waals surface area contributed by atoms with E-state index >= 15 is 0 Å². The van der Waals surface area contributed by atoms with Crippen LogP contribution in [0.5, 0.6) is 11.5 Å². The molecule has 0 aliphatic carbocycles. The molecular formula is C15H26N2O2.